The van der Waals surface area contributed by atoms with Crippen molar-refractivity contribution in [1.29, 1.82) is 0 Å². The van der Waals surface area contributed by atoms with Gasteiger partial charge in [0.05, 0.1) is 6.61 Å². The maximum absolute atomic E-state index is 9.62. The van der Waals surface area contributed by atoms with Crippen molar-refractivity contribution in [3.63, 3.8) is 0 Å². The fourth-order valence-electron chi connectivity index (χ4n) is 3.84. The van der Waals surface area contributed by atoms with Gasteiger partial charge in [0.25, 0.3) is 0 Å². The Kier molecular flexibility index (Phi) is 3.25. The maximum Gasteiger partial charge on any atom is 0.136 e. The highest BCUT2D eigenvalue weighted by Gasteiger charge is 2.25. The molecule has 2 nitrogen and oxygen atoms in total. The lowest BCUT2D eigenvalue weighted by Crippen LogP contribution is -2.03. The zero-order valence-electron chi connectivity index (χ0n) is 13.3. The molecule has 120 valence electrons. The first kappa shape index (κ1) is 14.3. The Morgan fingerprint density at radius 3 is 2.50 bits per heavy atom. The summed E-state index contributed by atoms with van der Waals surface area (Å²) in [6.45, 7) is 0.0843. The summed E-state index contributed by atoms with van der Waals surface area (Å²) in [7, 11) is 0. The van der Waals surface area contributed by atoms with Gasteiger partial charge in [-0.2, -0.15) is 0 Å². The van der Waals surface area contributed by atoms with Crippen molar-refractivity contribution in [2.45, 2.75) is 32.3 Å². The molecule has 0 saturated heterocycles. The van der Waals surface area contributed by atoms with E-state index in [2.05, 4.69) is 24.3 Å². The van der Waals surface area contributed by atoms with Gasteiger partial charge in [-0.05, 0) is 61.1 Å². The Balaban J connectivity index is 1.81. The van der Waals surface area contributed by atoms with Crippen LogP contribution in [0.4, 0.5) is 0 Å². The first-order chi connectivity index (χ1) is 11.8. The summed E-state index contributed by atoms with van der Waals surface area (Å²) in [4.78, 5) is 2.22. The van der Waals surface area contributed by atoms with Gasteiger partial charge >= 0.3 is 0 Å². The molecule has 0 amide bonds. The minimum Gasteiger partial charge on any atom is -0.456 e. The van der Waals surface area contributed by atoms with Crippen LogP contribution in [0.5, 0.6) is 11.5 Å². The summed E-state index contributed by atoms with van der Waals surface area (Å²) in [6, 6.07) is 14.9. The van der Waals surface area contributed by atoms with E-state index in [9.17, 15) is 5.11 Å². The summed E-state index contributed by atoms with van der Waals surface area (Å²) < 4.78 is 6.33. The van der Waals surface area contributed by atoms with Crippen molar-refractivity contribution < 1.29 is 9.84 Å². The molecule has 3 aromatic rings. The normalized spacial score (nSPS) is 14.7. The standard InChI is InChI=1S/C21H18O2S/c22-12-15-11-17-16-7-3-4-8-19(16)23-20-10-14-6-2-1-5-13(14)9-18(20)21(17)24-15/h3-4,7-11,22H,1-2,5-6,12H2. The van der Waals surface area contributed by atoms with Crippen LogP contribution in [0, 0.1) is 0 Å². The molecule has 0 bridgehead atoms. The second kappa shape index (κ2) is 5.47. The highest BCUT2D eigenvalue weighted by atomic mass is 32.1. The summed E-state index contributed by atoms with van der Waals surface area (Å²) in [5.74, 6) is 1.85. The van der Waals surface area contributed by atoms with E-state index in [4.69, 9.17) is 4.74 Å². The largest absolute Gasteiger partial charge is 0.456 e. The molecule has 1 aliphatic carbocycles. The number of hydrogen-bond acceptors (Lipinski definition) is 3. The topological polar surface area (TPSA) is 29.5 Å². The van der Waals surface area contributed by atoms with Gasteiger partial charge in [-0.25, -0.2) is 0 Å². The number of aryl methyl sites for hydroxylation is 2. The van der Waals surface area contributed by atoms with Crippen molar-refractivity contribution in [3.8, 4) is 33.1 Å². The zero-order valence-corrected chi connectivity index (χ0v) is 14.2. The van der Waals surface area contributed by atoms with E-state index in [-0.39, 0.29) is 6.61 Å². The molecule has 1 aromatic heterocycles. The van der Waals surface area contributed by atoms with Crippen LogP contribution in [0.3, 0.4) is 0 Å². The van der Waals surface area contributed by atoms with Gasteiger partial charge in [-0.15, -0.1) is 11.3 Å². The molecule has 2 aliphatic rings. The van der Waals surface area contributed by atoms with Crippen LogP contribution in [0.2, 0.25) is 0 Å². The van der Waals surface area contributed by atoms with Crippen LogP contribution in [0.15, 0.2) is 42.5 Å². The molecule has 1 N–H and O–H groups in total. The molecule has 3 heteroatoms. The van der Waals surface area contributed by atoms with Crippen molar-refractivity contribution in [3.05, 3.63) is 58.5 Å². The molecule has 24 heavy (non-hydrogen) atoms. The predicted octanol–water partition coefficient (Wildman–Crippen LogP) is 5.56. The third-order valence-electron chi connectivity index (χ3n) is 5.02. The first-order valence-electron chi connectivity index (χ1n) is 8.50. The third kappa shape index (κ3) is 2.12. The van der Waals surface area contributed by atoms with E-state index in [1.807, 2.05) is 18.2 Å². The molecule has 0 saturated carbocycles. The third-order valence-corrected chi connectivity index (χ3v) is 6.18. The van der Waals surface area contributed by atoms with Gasteiger partial charge < -0.3 is 9.84 Å². The highest BCUT2D eigenvalue weighted by Crippen LogP contribution is 2.51. The number of thiophene rings is 1. The minimum absolute atomic E-state index is 0.0843. The summed E-state index contributed by atoms with van der Waals surface area (Å²) in [6.07, 6.45) is 4.84. The van der Waals surface area contributed by atoms with Crippen molar-refractivity contribution in [2.24, 2.45) is 0 Å². The van der Waals surface area contributed by atoms with Gasteiger partial charge in [-0.3, -0.25) is 0 Å². The Hall–Kier alpha value is -2.10. The fraction of sp³-hybridized carbons (Fsp3) is 0.238. The SMILES string of the molecule is OCc1cc2c(s1)-c1cc3c(cc1Oc1ccccc1-2)CCCC3. The van der Waals surface area contributed by atoms with Crippen LogP contribution in [-0.2, 0) is 19.4 Å². The number of aliphatic hydroxyl groups excluding tert-OH is 1. The average molecular weight is 334 g/mol. The lowest BCUT2D eigenvalue weighted by atomic mass is 9.89. The Morgan fingerprint density at radius 1 is 0.875 bits per heavy atom. The predicted molar refractivity (Wildman–Crippen MR) is 97.8 cm³/mol. The van der Waals surface area contributed by atoms with Crippen LogP contribution < -0.4 is 4.74 Å². The van der Waals surface area contributed by atoms with Crippen LogP contribution in [0.25, 0.3) is 21.6 Å². The van der Waals surface area contributed by atoms with E-state index in [0.717, 1.165) is 34.8 Å². The molecular weight excluding hydrogens is 316 g/mol. The van der Waals surface area contributed by atoms with Crippen molar-refractivity contribution in [2.75, 3.05) is 0 Å². The molecule has 0 unspecified atom stereocenters. The van der Waals surface area contributed by atoms with Gasteiger partial charge in [-0.1, -0.05) is 18.2 Å². The highest BCUT2D eigenvalue weighted by molar-refractivity contribution is 7.16. The molecule has 0 spiro atoms. The van der Waals surface area contributed by atoms with Crippen molar-refractivity contribution in [1.82, 2.24) is 0 Å². The Morgan fingerprint density at radius 2 is 1.67 bits per heavy atom. The molecular formula is C21H18O2S. The summed E-state index contributed by atoms with van der Waals surface area (Å²) in [5.41, 5.74) is 6.35. The number of para-hydroxylation sites is 1. The number of fused-ring (bicyclic) bond motifs is 6. The zero-order chi connectivity index (χ0) is 16.1. The van der Waals surface area contributed by atoms with Crippen LogP contribution in [0.1, 0.15) is 28.8 Å². The Bertz CT molecular complexity index is 939. The monoisotopic (exact) mass is 334 g/mol. The molecule has 0 fully saturated rings. The van der Waals surface area contributed by atoms with Crippen LogP contribution >= 0.6 is 11.3 Å². The number of hydrogen-bond donors (Lipinski definition) is 1. The summed E-state index contributed by atoms with van der Waals surface area (Å²) >= 11 is 1.68. The van der Waals surface area contributed by atoms with E-state index < -0.39 is 0 Å². The molecule has 0 atom stereocenters. The van der Waals surface area contributed by atoms with E-state index >= 15 is 0 Å². The molecule has 0 radical (unpaired) electrons. The first-order valence-corrected chi connectivity index (χ1v) is 9.32. The molecule has 2 heterocycles. The number of aliphatic hydroxyl groups is 1. The molecule has 2 aromatic carbocycles. The Labute approximate surface area is 145 Å². The number of benzene rings is 2. The minimum atomic E-state index is 0.0843. The maximum atomic E-state index is 9.62. The lowest BCUT2D eigenvalue weighted by molar-refractivity contribution is 0.285. The van der Waals surface area contributed by atoms with E-state index in [1.165, 1.54) is 40.0 Å². The van der Waals surface area contributed by atoms with Gasteiger partial charge in [0, 0.05) is 26.4 Å². The number of ether oxygens (including phenoxy) is 1. The lowest BCUT2D eigenvalue weighted by Gasteiger charge is -2.19. The molecule has 5 rings (SSSR count). The van der Waals surface area contributed by atoms with Gasteiger partial charge in [0.2, 0.25) is 0 Å². The molecule has 1 aliphatic heterocycles. The number of rotatable bonds is 1. The quantitative estimate of drug-likeness (QED) is 0.494. The van der Waals surface area contributed by atoms with Crippen LogP contribution in [-0.4, -0.2) is 5.11 Å². The second-order valence-corrected chi connectivity index (χ2v) is 7.67. The average Bonchev–Trinajstić information content (AvgIpc) is 3.01. The van der Waals surface area contributed by atoms with Gasteiger partial charge in [0.15, 0.2) is 0 Å². The fourth-order valence-corrected chi connectivity index (χ4v) is 4.89. The van der Waals surface area contributed by atoms with Gasteiger partial charge in [0.1, 0.15) is 11.5 Å². The van der Waals surface area contributed by atoms with Crippen molar-refractivity contribution >= 4 is 11.3 Å². The van der Waals surface area contributed by atoms with E-state index in [1.54, 1.807) is 11.3 Å². The summed E-state index contributed by atoms with van der Waals surface area (Å²) in [5, 5.41) is 9.62. The second-order valence-electron chi connectivity index (χ2n) is 6.54. The smallest absolute Gasteiger partial charge is 0.136 e. The van der Waals surface area contributed by atoms with E-state index in [0.29, 0.717) is 0 Å².